The summed E-state index contributed by atoms with van der Waals surface area (Å²) in [4.78, 5) is 11.0. The molecule has 0 saturated carbocycles. The molecular formula is C10H12N2O. The normalized spacial score (nSPS) is 9.31. The maximum absolute atomic E-state index is 11.0. The second kappa shape index (κ2) is 4.42. The molecule has 0 unspecified atom stereocenters. The fraction of sp³-hybridized carbons (Fsp3) is 0.100. The van der Waals surface area contributed by atoms with E-state index in [0.29, 0.717) is 5.56 Å². The number of benzene rings is 1. The van der Waals surface area contributed by atoms with Gasteiger partial charge >= 0.3 is 0 Å². The van der Waals surface area contributed by atoms with Gasteiger partial charge in [-0.25, -0.2) is 5.84 Å². The number of nitrogens with one attached hydrogen (secondary N) is 1. The third-order valence-electron chi connectivity index (χ3n) is 1.73. The highest BCUT2D eigenvalue weighted by atomic mass is 16.2. The summed E-state index contributed by atoms with van der Waals surface area (Å²) in [6.45, 7) is 3.63. The molecule has 0 radical (unpaired) electrons. The van der Waals surface area contributed by atoms with Crippen molar-refractivity contribution in [2.45, 2.75) is 6.42 Å². The van der Waals surface area contributed by atoms with Crippen molar-refractivity contribution in [3.8, 4) is 0 Å². The van der Waals surface area contributed by atoms with E-state index in [4.69, 9.17) is 5.84 Å². The number of hydrazine groups is 1. The monoisotopic (exact) mass is 176 g/mol. The van der Waals surface area contributed by atoms with Gasteiger partial charge in [0.25, 0.3) is 5.91 Å². The molecule has 0 aromatic heterocycles. The lowest BCUT2D eigenvalue weighted by atomic mass is 10.1. The smallest absolute Gasteiger partial charge is 0.265 e. The molecule has 3 heteroatoms. The van der Waals surface area contributed by atoms with E-state index >= 15 is 0 Å². The molecule has 0 aliphatic heterocycles. The molecule has 3 N–H and O–H groups in total. The van der Waals surface area contributed by atoms with Crippen molar-refractivity contribution in [1.82, 2.24) is 5.43 Å². The number of carbonyl (C=O) groups is 1. The fourth-order valence-corrected chi connectivity index (χ4v) is 1.04. The number of rotatable bonds is 3. The predicted molar refractivity (Wildman–Crippen MR) is 52.0 cm³/mol. The Morgan fingerprint density at radius 2 is 2.08 bits per heavy atom. The van der Waals surface area contributed by atoms with Crippen LogP contribution >= 0.6 is 0 Å². The summed E-state index contributed by atoms with van der Waals surface area (Å²) in [6.07, 6.45) is 2.63. The van der Waals surface area contributed by atoms with Crippen molar-refractivity contribution in [2.75, 3.05) is 0 Å². The van der Waals surface area contributed by atoms with Gasteiger partial charge in [-0.2, -0.15) is 0 Å². The highest BCUT2D eigenvalue weighted by Gasteiger charge is 2.01. The summed E-state index contributed by atoms with van der Waals surface area (Å²) in [6, 6.07) is 7.24. The van der Waals surface area contributed by atoms with Crippen molar-refractivity contribution in [3.05, 3.63) is 48.0 Å². The molecule has 0 aliphatic carbocycles. The third kappa shape index (κ3) is 2.42. The van der Waals surface area contributed by atoms with Crippen molar-refractivity contribution < 1.29 is 4.79 Å². The van der Waals surface area contributed by atoms with Gasteiger partial charge in [-0.3, -0.25) is 10.2 Å². The lowest BCUT2D eigenvalue weighted by Crippen LogP contribution is -2.29. The fourth-order valence-electron chi connectivity index (χ4n) is 1.04. The van der Waals surface area contributed by atoms with Gasteiger partial charge in [-0.1, -0.05) is 18.2 Å². The minimum absolute atomic E-state index is 0.273. The zero-order valence-corrected chi connectivity index (χ0v) is 7.29. The first-order valence-corrected chi connectivity index (χ1v) is 3.98. The van der Waals surface area contributed by atoms with E-state index in [-0.39, 0.29) is 5.91 Å². The molecule has 1 aromatic carbocycles. The minimum Gasteiger partial charge on any atom is -0.290 e. The SMILES string of the molecule is C=CCc1ccc(C(=O)NN)cc1. The quantitative estimate of drug-likeness (QED) is 0.312. The Balaban J connectivity index is 2.80. The van der Waals surface area contributed by atoms with E-state index in [1.807, 2.05) is 18.2 Å². The number of carbonyl (C=O) groups excluding carboxylic acids is 1. The Morgan fingerprint density at radius 1 is 1.46 bits per heavy atom. The lowest BCUT2D eigenvalue weighted by Gasteiger charge is -2.00. The van der Waals surface area contributed by atoms with Gasteiger partial charge < -0.3 is 0 Å². The summed E-state index contributed by atoms with van der Waals surface area (Å²) in [5.41, 5.74) is 3.77. The number of hydrogen-bond acceptors (Lipinski definition) is 2. The molecule has 0 bridgehead atoms. The van der Waals surface area contributed by atoms with Crippen LogP contribution in [0, 0.1) is 0 Å². The maximum atomic E-state index is 11.0. The number of nitrogen functional groups attached to an aromatic ring is 1. The molecule has 68 valence electrons. The van der Waals surface area contributed by atoms with E-state index in [2.05, 4.69) is 12.0 Å². The second-order valence-corrected chi connectivity index (χ2v) is 2.66. The van der Waals surface area contributed by atoms with Crippen LogP contribution in [0.15, 0.2) is 36.9 Å². The summed E-state index contributed by atoms with van der Waals surface area (Å²) in [7, 11) is 0. The van der Waals surface area contributed by atoms with Crippen LogP contribution in [0.5, 0.6) is 0 Å². The van der Waals surface area contributed by atoms with E-state index in [1.165, 1.54) is 0 Å². The van der Waals surface area contributed by atoms with Gasteiger partial charge in [0.15, 0.2) is 0 Å². The minimum atomic E-state index is -0.273. The Hall–Kier alpha value is -1.61. The summed E-state index contributed by atoms with van der Waals surface area (Å²) in [5.74, 6) is 4.71. The first kappa shape index (κ1) is 9.48. The number of hydrogen-bond donors (Lipinski definition) is 2. The second-order valence-electron chi connectivity index (χ2n) is 2.66. The maximum Gasteiger partial charge on any atom is 0.265 e. The zero-order valence-electron chi connectivity index (χ0n) is 7.29. The van der Waals surface area contributed by atoms with E-state index in [0.717, 1.165) is 12.0 Å². The molecule has 0 heterocycles. The number of allylic oxidation sites excluding steroid dienone is 1. The van der Waals surface area contributed by atoms with Crippen LogP contribution in [-0.2, 0) is 6.42 Å². The predicted octanol–water partition coefficient (Wildman–Crippen LogP) is 1.02. The van der Waals surface area contributed by atoms with E-state index < -0.39 is 0 Å². The number of nitrogens with two attached hydrogens (primary N) is 1. The van der Waals surface area contributed by atoms with Crippen LogP contribution in [0.3, 0.4) is 0 Å². The van der Waals surface area contributed by atoms with Crippen LogP contribution in [0.1, 0.15) is 15.9 Å². The summed E-state index contributed by atoms with van der Waals surface area (Å²) >= 11 is 0. The van der Waals surface area contributed by atoms with Crippen LogP contribution in [0.25, 0.3) is 0 Å². The van der Waals surface area contributed by atoms with Gasteiger partial charge in [0.2, 0.25) is 0 Å². The Morgan fingerprint density at radius 3 is 2.54 bits per heavy atom. The molecular weight excluding hydrogens is 164 g/mol. The Bertz CT molecular complexity index is 303. The molecule has 0 atom stereocenters. The van der Waals surface area contributed by atoms with Crippen molar-refractivity contribution in [1.29, 1.82) is 0 Å². The van der Waals surface area contributed by atoms with Gasteiger partial charge in [-0.05, 0) is 24.1 Å². The molecule has 1 rings (SSSR count). The van der Waals surface area contributed by atoms with Crippen molar-refractivity contribution >= 4 is 5.91 Å². The molecule has 0 saturated heterocycles. The highest BCUT2D eigenvalue weighted by molar-refractivity contribution is 5.93. The summed E-state index contributed by atoms with van der Waals surface area (Å²) in [5, 5.41) is 0. The van der Waals surface area contributed by atoms with Gasteiger partial charge in [0.05, 0.1) is 0 Å². The first-order valence-electron chi connectivity index (χ1n) is 3.98. The molecule has 0 spiro atoms. The third-order valence-corrected chi connectivity index (χ3v) is 1.73. The average molecular weight is 176 g/mol. The topological polar surface area (TPSA) is 55.1 Å². The first-order chi connectivity index (χ1) is 6.27. The van der Waals surface area contributed by atoms with Crippen molar-refractivity contribution in [2.24, 2.45) is 5.84 Å². The number of amides is 1. The average Bonchev–Trinajstić information content (AvgIpc) is 2.18. The van der Waals surface area contributed by atoms with Crippen LogP contribution in [-0.4, -0.2) is 5.91 Å². The van der Waals surface area contributed by atoms with Crippen molar-refractivity contribution in [3.63, 3.8) is 0 Å². The molecule has 0 aliphatic rings. The molecule has 1 aromatic rings. The van der Waals surface area contributed by atoms with Gasteiger partial charge in [-0.15, -0.1) is 6.58 Å². The van der Waals surface area contributed by atoms with E-state index in [9.17, 15) is 4.79 Å². The van der Waals surface area contributed by atoms with Crippen LogP contribution in [0.4, 0.5) is 0 Å². The zero-order chi connectivity index (χ0) is 9.68. The standard InChI is InChI=1S/C10H12N2O/c1-2-3-8-4-6-9(7-5-8)10(13)12-11/h2,4-7H,1,3,11H2,(H,12,13). The Labute approximate surface area is 77.2 Å². The molecule has 3 nitrogen and oxygen atoms in total. The highest BCUT2D eigenvalue weighted by Crippen LogP contribution is 2.04. The van der Waals surface area contributed by atoms with E-state index in [1.54, 1.807) is 12.1 Å². The van der Waals surface area contributed by atoms with Crippen LogP contribution < -0.4 is 11.3 Å². The molecule has 1 amide bonds. The lowest BCUT2D eigenvalue weighted by molar-refractivity contribution is 0.0953. The largest absolute Gasteiger partial charge is 0.290 e. The molecule has 13 heavy (non-hydrogen) atoms. The van der Waals surface area contributed by atoms with Gasteiger partial charge in [0.1, 0.15) is 0 Å². The Kier molecular flexibility index (Phi) is 3.23. The van der Waals surface area contributed by atoms with Crippen LogP contribution in [0.2, 0.25) is 0 Å². The molecule has 0 fully saturated rings. The van der Waals surface area contributed by atoms with Gasteiger partial charge in [0, 0.05) is 5.56 Å². The summed E-state index contributed by atoms with van der Waals surface area (Å²) < 4.78 is 0.